The molecule has 0 spiro atoms. The fraction of sp³-hybridized carbons (Fsp3) is 0.312. The van der Waals surface area contributed by atoms with Crippen LogP contribution in [0.4, 0.5) is 15.0 Å². The summed E-state index contributed by atoms with van der Waals surface area (Å²) >= 11 is 6.55. The minimum absolute atomic E-state index is 0.0277. The predicted octanol–water partition coefficient (Wildman–Crippen LogP) is 3.85. The Labute approximate surface area is 165 Å². The summed E-state index contributed by atoms with van der Waals surface area (Å²) in [5.74, 6) is -0.232. The standard InChI is InChI=1S/C16H14Br2FN5O2/c17-11-5-10(19)6-12(18)14(11)24-15(21)13(8-22-24)26-16(25)23-3-1-9(7-20)2-4-23/h5-6,8-9H,1-4,21H2. The summed E-state index contributed by atoms with van der Waals surface area (Å²) < 4.78 is 21.0. The van der Waals surface area contributed by atoms with Crippen LogP contribution in [-0.2, 0) is 0 Å². The lowest BCUT2D eigenvalue weighted by Gasteiger charge is -2.28. The zero-order chi connectivity index (χ0) is 18.8. The van der Waals surface area contributed by atoms with E-state index in [1.165, 1.54) is 27.9 Å². The van der Waals surface area contributed by atoms with Crippen LogP contribution in [-0.4, -0.2) is 33.9 Å². The predicted molar refractivity (Wildman–Crippen MR) is 99.3 cm³/mol. The van der Waals surface area contributed by atoms with E-state index >= 15 is 0 Å². The summed E-state index contributed by atoms with van der Waals surface area (Å²) in [4.78, 5) is 13.8. The van der Waals surface area contributed by atoms with E-state index in [9.17, 15) is 9.18 Å². The van der Waals surface area contributed by atoms with Crippen molar-refractivity contribution in [1.29, 1.82) is 5.26 Å². The molecule has 1 amide bonds. The Morgan fingerprint density at radius 1 is 1.35 bits per heavy atom. The van der Waals surface area contributed by atoms with Crippen molar-refractivity contribution in [3.63, 3.8) is 0 Å². The molecule has 0 atom stereocenters. The highest BCUT2D eigenvalue weighted by Gasteiger charge is 2.25. The molecule has 0 saturated carbocycles. The van der Waals surface area contributed by atoms with Gasteiger partial charge in [-0.3, -0.25) is 0 Å². The van der Waals surface area contributed by atoms with Crippen molar-refractivity contribution in [2.45, 2.75) is 12.8 Å². The van der Waals surface area contributed by atoms with Gasteiger partial charge >= 0.3 is 6.09 Å². The number of anilines is 1. The third-order valence-corrected chi connectivity index (χ3v) is 5.31. The van der Waals surface area contributed by atoms with Crippen molar-refractivity contribution in [3.05, 3.63) is 33.1 Å². The second-order valence-electron chi connectivity index (χ2n) is 5.78. The molecule has 3 rings (SSSR count). The first-order valence-corrected chi connectivity index (χ1v) is 9.34. The fourth-order valence-corrected chi connectivity index (χ4v) is 4.15. The van der Waals surface area contributed by atoms with Gasteiger partial charge in [-0.05, 0) is 56.8 Å². The molecule has 10 heteroatoms. The summed E-state index contributed by atoms with van der Waals surface area (Å²) in [5, 5.41) is 13.0. The van der Waals surface area contributed by atoms with Crippen molar-refractivity contribution >= 4 is 43.8 Å². The largest absolute Gasteiger partial charge is 0.415 e. The topological polar surface area (TPSA) is 97.2 Å². The van der Waals surface area contributed by atoms with Crippen LogP contribution >= 0.6 is 31.9 Å². The summed E-state index contributed by atoms with van der Waals surface area (Å²) in [6.45, 7) is 0.917. The zero-order valence-corrected chi connectivity index (χ0v) is 16.6. The third-order valence-electron chi connectivity index (χ3n) is 4.10. The van der Waals surface area contributed by atoms with Crippen molar-refractivity contribution in [3.8, 4) is 17.5 Å². The highest BCUT2D eigenvalue weighted by Crippen LogP contribution is 2.34. The molecule has 0 radical (unpaired) electrons. The van der Waals surface area contributed by atoms with E-state index in [1.54, 1.807) is 0 Å². The van der Waals surface area contributed by atoms with Gasteiger partial charge in [-0.25, -0.2) is 13.9 Å². The summed E-state index contributed by atoms with van der Waals surface area (Å²) in [5.41, 5.74) is 6.55. The first-order valence-electron chi connectivity index (χ1n) is 7.75. The molecule has 1 fully saturated rings. The number of ether oxygens (including phenoxy) is 1. The molecule has 2 heterocycles. The Balaban J connectivity index is 1.78. The van der Waals surface area contributed by atoms with E-state index < -0.39 is 11.9 Å². The minimum atomic E-state index is -0.537. The maximum Gasteiger partial charge on any atom is 0.415 e. The zero-order valence-electron chi connectivity index (χ0n) is 13.5. The molecule has 0 aliphatic carbocycles. The van der Waals surface area contributed by atoms with E-state index in [1.807, 2.05) is 0 Å². The van der Waals surface area contributed by atoms with Crippen LogP contribution in [0.5, 0.6) is 5.75 Å². The number of likely N-dealkylation sites (tertiary alicyclic amines) is 1. The van der Waals surface area contributed by atoms with Crippen LogP contribution < -0.4 is 10.5 Å². The molecular formula is C16H14Br2FN5O2. The van der Waals surface area contributed by atoms with Gasteiger partial charge in [-0.2, -0.15) is 10.4 Å². The van der Waals surface area contributed by atoms with Gasteiger partial charge in [0.2, 0.25) is 0 Å². The lowest BCUT2D eigenvalue weighted by atomic mass is 9.99. The number of nitrogen functional groups attached to an aromatic ring is 1. The van der Waals surface area contributed by atoms with Gasteiger partial charge < -0.3 is 15.4 Å². The molecule has 2 N–H and O–H groups in total. The molecule has 1 aliphatic heterocycles. The molecule has 1 aliphatic rings. The Morgan fingerprint density at radius 2 is 1.96 bits per heavy atom. The summed E-state index contributed by atoms with van der Waals surface area (Å²) in [6.07, 6.45) is 2.04. The SMILES string of the molecule is N#CC1CCN(C(=O)Oc2cnn(-c3c(Br)cc(F)cc3Br)c2N)CC1. The van der Waals surface area contributed by atoms with Gasteiger partial charge in [0.1, 0.15) is 5.82 Å². The minimum Gasteiger partial charge on any atom is -0.404 e. The Hall–Kier alpha value is -2.12. The Morgan fingerprint density at radius 3 is 2.54 bits per heavy atom. The van der Waals surface area contributed by atoms with Crippen molar-refractivity contribution in [1.82, 2.24) is 14.7 Å². The normalized spacial score (nSPS) is 14.9. The number of carbonyl (C=O) groups excluding carboxylic acids is 1. The van der Waals surface area contributed by atoms with E-state index in [0.717, 1.165) is 0 Å². The lowest BCUT2D eigenvalue weighted by molar-refractivity contribution is 0.137. The first kappa shape index (κ1) is 18.7. The molecule has 26 heavy (non-hydrogen) atoms. The molecule has 1 aromatic carbocycles. The van der Waals surface area contributed by atoms with Crippen LogP contribution in [0.3, 0.4) is 0 Å². The van der Waals surface area contributed by atoms with E-state index in [0.29, 0.717) is 40.6 Å². The molecule has 2 aromatic rings. The number of hydrogen-bond donors (Lipinski definition) is 1. The number of carbonyl (C=O) groups is 1. The van der Waals surface area contributed by atoms with Gasteiger partial charge in [-0.15, -0.1) is 0 Å². The molecule has 0 unspecified atom stereocenters. The first-order chi connectivity index (χ1) is 12.4. The number of nitriles is 1. The van der Waals surface area contributed by atoms with Gasteiger partial charge in [0.15, 0.2) is 11.6 Å². The average Bonchev–Trinajstić information content (AvgIpc) is 2.95. The van der Waals surface area contributed by atoms with Crippen LogP contribution in [0.1, 0.15) is 12.8 Å². The number of amides is 1. The molecule has 1 aromatic heterocycles. The number of aromatic nitrogens is 2. The monoisotopic (exact) mass is 485 g/mol. The third kappa shape index (κ3) is 3.68. The van der Waals surface area contributed by atoms with Crippen molar-refractivity contribution in [2.75, 3.05) is 18.8 Å². The van der Waals surface area contributed by atoms with E-state index in [2.05, 4.69) is 43.0 Å². The Bertz CT molecular complexity index is 864. The molecule has 7 nitrogen and oxygen atoms in total. The highest BCUT2D eigenvalue weighted by atomic mass is 79.9. The fourth-order valence-electron chi connectivity index (χ4n) is 2.69. The van der Waals surface area contributed by atoms with E-state index in [-0.39, 0.29) is 17.5 Å². The number of halogens is 3. The summed E-state index contributed by atoms with van der Waals surface area (Å²) in [6, 6.07) is 4.78. The van der Waals surface area contributed by atoms with Gasteiger partial charge in [0, 0.05) is 28.0 Å². The number of rotatable bonds is 2. The number of piperidine rings is 1. The molecule has 1 saturated heterocycles. The van der Waals surface area contributed by atoms with Gasteiger partial charge in [0.25, 0.3) is 0 Å². The number of nitrogens with zero attached hydrogens (tertiary/aromatic N) is 4. The molecule has 0 bridgehead atoms. The van der Waals surface area contributed by atoms with E-state index in [4.69, 9.17) is 15.7 Å². The highest BCUT2D eigenvalue weighted by molar-refractivity contribution is 9.11. The maximum atomic E-state index is 13.4. The smallest absolute Gasteiger partial charge is 0.404 e. The van der Waals surface area contributed by atoms with Crippen LogP contribution in [0.15, 0.2) is 27.3 Å². The number of hydrogen-bond acceptors (Lipinski definition) is 5. The van der Waals surface area contributed by atoms with Crippen molar-refractivity contribution < 1.29 is 13.9 Å². The molecular weight excluding hydrogens is 473 g/mol. The van der Waals surface area contributed by atoms with Gasteiger partial charge in [-0.1, -0.05) is 0 Å². The average molecular weight is 487 g/mol. The second kappa shape index (κ2) is 7.63. The quantitative estimate of drug-likeness (QED) is 0.695. The maximum absolute atomic E-state index is 13.4. The van der Waals surface area contributed by atoms with Crippen LogP contribution in [0, 0.1) is 23.1 Å². The van der Waals surface area contributed by atoms with Crippen LogP contribution in [0.2, 0.25) is 0 Å². The van der Waals surface area contributed by atoms with Crippen molar-refractivity contribution in [2.24, 2.45) is 5.92 Å². The molecule has 136 valence electrons. The number of benzene rings is 1. The Kier molecular flexibility index (Phi) is 5.48. The summed E-state index contributed by atoms with van der Waals surface area (Å²) in [7, 11) is 0. The van der Waals surface area contributed by atoms with Gasteiger partial charge in [0.05, 0.1) is 18.0 Å². The second-order valence-corrected chi connectivity index (χ2v) is 7.49. The van der Waals surface area contributed by atoms with Crippen LogP contribution in [0.25, 0.3) is 5.69 Å². The number of nitrogens with two attached hydrogens (primary N) is 1. The lowest BCUT2D eigenvalue weighted by Crippen LogP contribution is -2.39.